The summed E-state index contributed by atoms with van der Waals surface area (Å²) >= 11 is 0. The van der Waals surface area contributed by atoms with Crippen LogP contribution in [-0.2, 0) is 4.79 Å². The molecule has 0 saturated carbocycles. The monoisotopic (exact) mass is 281 g/mol. The number of benzene rings is 2. The number of nitrogens with zero attached hydrogens (tertiary/aromatic N) is 1. The SMILES string of the molecule is CC(=O)c1cc(N2CC(=O)Nc3ccccc32)ccc1N. The molecule has 0 aliphatic carbocycles. The van der Waals surface area contributed by atoms with Crippen molar-refractivity contribution in [1.29, 1.82) is 0 Å². The van der Waals surface area contributed by atoms with Gasteiger partial charge in [-0.25, -0.2) is 0 Å². The third-order valence-electron chi connectivity index (χ3n) is 3.50. The summed E-state index contributed by atoms with van der Waals surface area (Å²) in [6.45, 7) is 1.69. The van der Waals surface area contributed by atoms with E-state index in [0.717, 1.165) is 17.1 Å². The van der Waals surface area contributed by atoms with Gasteiger partial charge in [0.05, 0.1) is 11.4 Å². The van der Waals surface area contributed by atoms with E-state index in [9.17, 15) is 9.59 Å². The first-order valence-corrected chi connectivity index (χ1v) is 6.63. The highest BCUT2D eigenvalue weighted by atomic mass is 16.2. The Labute approximate surface area is 122 Å². The number of hydrogen-bond acceptors (Lipinski definition) is 4. The van der Waals surface area contributed by atoms with E-state index in [0.29, 0.717) is 11.3 Å². The summed E-state index contributed by atoms with van der Waals surface area (Å²) in [4.78, 5) is 25.4. The van der Waals surface area contributed by atoms with Gasteiger partial charge in [0, 0.05) is 16.9 Å². The highest BCUT2D eigenvalue weighted by molar-refractivity contribution is 6.04. The molecule has 3 N–H and O–H groups in total. The second kappa shape index (κ2) is 4.94. The van der Waals surface area contributed by atoms with Gasteiger partial charge in [-0.2, -0.15) is 0 Å². The van der Waals surface area contributed by atoms with Crippen LogP contribution in [-0.4, -0.2) is 18.2 Å². The molecule has 0 bridgehead atoms. The van der Waals surface area contributed by atoms with E-state index in [1.165, 1.54) is 6.92 Å². The number of rotatable bonds is 2. The summed E-state index contributed by atoms with van der Waals surface area (Å²) in [5, 5.41) is 2.84. The molecule has 0 spiro atoms. The zero-order valence-electron chi connectivity index (χ0n) is 11.6. The molecule has 5 nitrogen and oxygen atoms in total. The van der Waals surface area contributed by atoms with Gasteiger partial charge in [0.15, 0.2) is 5.78 Å². The van der Waals surface area contributed by atoms with Crippen LogP contribution in [0.3, 0.4) is 0 Å². The molecular weight excluding hydrogens is 266 g/mol. The normalized spacial score (nSPS) is 13.6. The fraction of sp³-hybridized carbons (Fsp3) is 0.125. The number of carbonyl (C=O) groups excluding carboxylic acids is 2. The third-order valence-corrected chi connectivity index (χ3v) is 3.50. The molecule has 0 atom stereocenters. The van der Waals surface area contributed by atoms with E-state index in [4.69, 9.17) is 5.73 Å². The van der Waals surface area contributed by atoms with Gasteiger partial charge >= 0.3 is 0 Å². The first-order valence-electron chi connectivity index (χ1n) is 6.63. The van der Waals surface area contributed by atoms with Crippen LogP contribution in [0.5, 0.6) is 0 Å². The molecule has 0 radical (unpaired) electrons. The second-order valence-electron chi connectivity index (χ2n) is 4.98. The third kappa shape index (κ3) is 2.33. The summed E-state index contributed by atoms with van der Waals surface area (Å²) in [6.07, 6.45) is 0. The highest BCUT2D eigenvalue weighted by Gasteiger charge is 2.23. The van der Waals surface area contributed by atoms with Crippen LogP contribution >= 0.6 is 0 Å². The Morgan fingerprint density at radius 2 is 2.00 bits per heavy atom. The van der Waals surface area contributed by atoms with Crippen LogP contribution in [0, 0.1) is 0 Å². The van der Waals surface area contributed by atoms with E-state index >= 15 is 0 Å². The molecule has 0 fully saturated rings. The number of nitrogens with one attached hydrogen (secondary N) is 1. The fourth-order valence-electron chi connectivity index (χ4n) is 2.48. The average molecular weight is 281 g/mol. The summed E-state index contributed by atoms with van der Waals surface area (Å²) in [5.74, 6) is -0.181. The number of nitrogen functional groups attached to an aromatic ring is 1. The maximum absolute atomic E-state index is 11.9. The molecule has 0 saturated heterocycles. The molecule has 2 aromatic rings. The first-order chi connectivity index (χ1) is 10.1. The molecule has 1 aliphatic heterocycles. The van der Waals surface area contributed by atoms with E-state index in [2.05, 4.69) is 5.32 Å². The van der Waals surface area contributed by atoms with Crippen LogP contribution in [0.25, 0.3) is 0 Å². The Kier molecular flexibility index (Phi) is 3.10. The van der Waals surface area contributed by atoms with Crippen LogP contribution in [0.1, 0.15) is 17.3 Å². The van der Waals surface area contributed by atoms with Crippen molar-refractivity contribution in [2.75, 3.05) is 22.5 Å². The summed E-state index contributed by atoms with van der Waals surface area (Å²) < 4.78 is 0. The number of amides is 1. The van der Waals surface area contributed by atoms with Gasteiger partial charge in [0.25, 0.3) is 0 Å². The van der Waals surface area contributed by atoms with E-state index in [1.807, 2.05) is 35.2 Å². The Morgan fingerprint density at radius 3 is 2.76 bits per heavy atom. The van der Waals surface area contributed by atoms with Gasteiger partial charge in [0.1, 0.15) is 6.54 Å². The van der Waals surface area contributed by atoms with Crippen molar-refractivity contribution in [2.24, 2.45) is 0 Å². The Bertz CT molecular complexity index is 740. The standard InChI is InChI=1S/C16H15N3O2/c1-10(20)12-8-11(6-7-13(12)17)19-9-16(21)18-14-4-2-3-5-15(14)19/h2-8H,9,17H2,1H3,(H,18,21). The molecule has 1 amide bonds. The van der Waals surface area contributed by atoms with Gasteiger partial charge in [-0.3, -0.25) is 9.59 Å². The number of fused-ring (bicyclic) bond motifs is 1. The zero-order chi connectivity index (χ0) is 15.0. The van der Waals surface area contributed by atoms with Crippen molar-refractivity contribution in [3.63, 3.8) is 0 Å². The minimum absolute atomic E-state index is 0.0881. The maximum atomic E-state index is 11.9. The topological polar surface area (TPSA) is 75.4 Å². The van der Waals surface area contributed by atoms with Crippen molar-refractivity contribution in [3.05, 3.63) is 48.0 Å². The van der Waals surface area contributed by atoms with Crippen molar-refractivity contribution in [3.8, 4) is 0 Å². The molecule has 106 valence electrons. The molecular formula is C16H15N3O2. The van der Waals surface area contributed by atoms with Crippen molar-refractivity contribution in [1.82, 2.24) is 0 Å². The highest BCUT2D eigenvalue weighted by Crippen LogP contribution is 2.35. The predicted octanol–water partition coefficient (Wildman–Crippen LogP) is 2.56. The van der Waals surface area contributed by atoms with Gasteiger partial charge in [-0.05, 0) is 37.3 Å². The summed E-state index contributed by atoms with van der Waals surface area (Å²) in [7, 11) is 0. The molecule has 0 aromatic heterocycles. The number of Topliss-reactive ketones (excluding diaryl/α,β-unsaturated/α-hetero) is 1. The van der Waals surface area contributed by atoms with Crippen LogP contribution in [0.15, 0.2) is 42.5 Å². The van der Waals surface area contributed by atoms with Gasteiger partial charge in [-0.1, -0.05) is 12.1 Å². The van der Waals surface area contributed by atoms with Gasteiger partial charge in [0.2, 0.25) is 5.91 Å². The summed E-state index contributed by atoms with van der Waals surface area (Å²) in [6, 6.07) is 12.8. The lowest BCUT2D eigenvalue weighted by Gasteiger charge is -2.31. The Morgan fingerprint density at radius 1 is 1.24 bits per heavy atom. The van der Waals surface area contributed by atoms with Crippen molar-refractivity contribution >= 4 is 34.4 Å². The smallest absolute Gasteiger partial charge is 0.244 e. The number of hydrogen-bond donors (Lipinski definition) is 2. The van der Waals surface area contributed by atoms with Gasteiger partial charge < -0.3 is 16.0 Å². The van der Waals surface area contributed by atoms with Crippen LogP contribution in [0.2, 0.25) is 0 Å². The predicted molar refractivity (Wildman–Crippen MR) is 82.9 cm³/mol. The largest absolute Gasteiger partial charge is 0.398 e. The van der Waals surface area contributed by atoms with E-state index in [-0.39, 0.29) is 18.2 Å². The van der Waals surface area contributed by atoms with E-state index in [1.54, 1.807) is 12.1 Å². The molecule has 1 heterocycles. The lowest BCUT2D eigenvalue weighted by molar-refractivity contribution is -0.115. The minimum Gasteiger partial charge on any atom is -0.398 e. The molecule has 21 heavy (non-hydrogen) atoms. The molecule has 1 aliphatic rings. The lowest BCUT2D eigenvalue weighted by atomic mass is 10.1. The molecule has 2 aromatic carbocycles. The molecule has 5 heteroatoms. The maximum Gasteiger partial charge on any atom is 0.244 e. The summed E-state index contributed by atoms with van der Waals surface area (Å²) in [5.41, 5.74) is 9.17. The van der Waals surface area contributed by atoms with Crippen LogP contribution in [0.4, 0.5) is 22.7 Å². The van der Waals surface area contributed by atoms with E-state index < -0.39 is 0 Å². The van der Waals surface area contributed by atoms with Crippen molar-refractivity contribution < 1.29 is 9.59 Å². The van der Waals surface area contributed by atoms with Gasteiger partial charge in [-0.15, -0.1) is 0 Å². The Balaban J connectivity index is 2.11. The Hall–Kier alpha value is -2.82. The quantitative estimate of drug-likeness (QED) is 0.655. The van der Waals surface area contributed by atoms with Crippen molar-refractivity contribution in [2.45, 2.75) is 6.92 Å². The lowest BCUT2D eigenvalue weighted by Crippen LogP contribution is -2.35. The number of ketones is 1. The number of carbonyl (C=O) groups is 2. The minimum atomic E-state index is -0.0934. The first kappa shape index (κ1) is 13.2. The number of anilines is 4. The zero-order valence-corrected chi connectivity index (χ0v) is 11.6. The number of para-hydroxylation sites is 2. The fourth-order valence-corrected chi connectivity index (χ4v) is 2.48. The average Bonchev–Trinajstić information content (AvgIpc) is 2.46. The molecule has 3 rings (SSSR count). The van der Waals surface area contributed by atoms with Crippen LogP contribution < -0.4 is 16.0 Å². The number of nitrogens with two attached hydrogens (primary N) is 1. The molecule has 0 unspecified atom stereocenters. The second-order valence-corrected chi connectivity index (χ2v) is 4.98.